The molecule has 0 aromatic heterocycles. The van der Waals surface area contributed by atoms with Gasteiger partial charge in [0.2, 0.25) is 0 Å². The summed E-state index contributed by atoms with van der Waals surface area (Å²) >= 11 is 0. The first-order valence-electron chi connectivity index (χ1n) is 5.39. The van der Waals surface area contributed by atoms with E-state index in [1.807, 2.05) is 0 Å². The molecule has 0 heterocycles. The van der Waals surface area contributed by atoms with Crippen molar-refractivity contribution in [3.05, 3.63) is 0 Å². The van der Waals surface area contributed by atoms with E-state index in [0.717, 1.165) is 12.8 Å². The lowest BCUT2D eigenvalue weighted by molar-refractivity contribution is -0.315. The van der Waals surface area contributed by atoms with Crippen LogP contribution in [0.2, 0.25) is 0 Å². The van der Waals surface area contributed by atoms with E-state index in [0.29, 0.717) is 13.0 Å². The minimum Gasteiger partial charge on any atom is -0.550 e. The monoisotopic (exact) mass is 262 g/mol. The van der Waals surface area contributed by atoms with Crippen molar-refractivity contribution in [3.63, 3.8) is 0 Å². The van der Waals surface area contributed by atoms with Gasteiger partial charge in [0.1, 0.15) is 6.04 Å². The van der Waals surface area contributed by atoms with Gasteiger partial charge in [0.05, 0.1) is 0 Å². The second-order valence-corrected chi connectivity index (χ2v) is 3.47. The standard InChI is InChI=1S/C6H14N2O2.C4H6O4/c7-4-2-1-3-5(8)6(9)10;5-3(6)1-2-4(7)8/h5H,1-4,7-8H2,(H,9,10);1-2H2,(H,5,6)(H,7,8)/p-2/t5-;/m0./s1. The smallest absolute Gasteiger partial charge is 0.320 e. The molecule has 0 aromatic carbocycles. The van der Waals surface area contributed by atoms with Gasteiger partial charge in [0, 0.05) is 11.9 Å². The molecule has 0 spiro atoms. The highest BCUT2D eigenvalue weighted by molar-refractivity contribution is 5.73. The Kier molecular flexibility index (Phi) is 12.3. The summed E-state index contributed by atoms with van der Waals surface area (Å²) in [6, 6.07) is -0.716. The van der Waals surface area contributed by atoms with Gasteiger partial charge in [-0.2, -0.15) is 0 Å². The largest absolute Gasteiger partial charge is 0.550 e. The first-order valence-corrected chi connectivity index (χ1v) is 5.39. The summed E-state index contributed by atoms with van der Waals surface area (Å²) < 4.78 is 0. The lowest BCUT2D eigenvalue weighted by atomic mass is 10.1. The molecule has 0 aliphatic carbocycles. The predicted molar refractivity (Wildman–Crippen MR) is 57.8 cm³/mol. The summed E-state index contributed by atoms with van der Waals surface area (Å²) in [5.74, 6) is -3.67. The van der Waals surface area contributed by atoms with Gasteiger partial charge < -0.3 is 36.4 Å². The zero-order valence-electron chi connectivity index (χ0n) is 9.96. The van der Waals surface area contributed by atoms with Crippen LogP contribution in [-0.4, -0.2) is 35.6 Å². The number of carbonyl (C=O) groups excluding carboxylic acids is 2. The third-order valence-electron chi connectivity index (χ3n) is 1.82. The van der Waals surface area contributed by atoms with Gasteiger partial charge in [0.25, 0.3) is 0 Å². The number of rotatable bonds is 8. The molecule has 0 saturated heterocycles. The lowest BCUT2D eigenvalue weighted by Gasteiger charge is -2.03. The van der Waals surface area contributed by atoms with Crippen molar-refractivity contribution in [2.45, 2.75) is 38.1 Å². The molecular formula is C10H18N2O6-2. The Morgan fingerprint density at radius 3 is 1.78 bits per heavy atom. The Labute approximate surface area is 105 Å². The summed E-state index contributed by atoms with van der Waals surface area (Å²) in [6.45, 7) is 0.604. The lowest BCUT2D eigenvalue weighted by Crippen LogP contribution is -2.29. The molecule has 18 heavy (non-hydrogen) atoms. The second kappa shape index (κ2) is 11.8. The molecule has 8 nitrogen and oxygen atoms in total. The van der Waals surface area contributed by atoms with Crippen molar-refractivity contribution in [2.75, 3.05) is 6.54 Å². The number of hydrogen-bond acceptors (Lipinski definition) is 7. The van der Waals surface area contributed by atoms with E-state index < -0.39 is 36.8 Å². The first kappa shape index (κ1) is 18.7. The van der Waals surface area contributed by atoms with Gasteiger partial charge in [-0.05, 0) is 32.2 Å². The van der Waals surface area contributed by atoms with Gasteiger partial charge in [-0.25, -0.2) is 0 Å². The van der Waals surface area contributed by atoms with Crippen LogP contribution in [0.15, 0.2) is 0 Å². The van der Waals surface area contributed by atoms with Crippen LogP contribution < -0.4 is 21.7 Å². The van der Waals surface area contributed by atoms with Gasteiger partial charge in [-0.1, -0.05) is 6.42 Å². The summed E-state index contributed by atoms with van der Waals surface area (Å²) in [5.41, 5.74) is 10.4. The van der Waals surface area contributed by atoms with E-state index in [4.69, 9.17) is 16.6 Å². The van der Waals surface area contributed by atoms with E-state index in [1.54, 1.807) is 0 Å². The number of aliphatic carboxylic acids is 3. The summed E-state index contributed by atoms with van der Waals surface area (Å²) in [4.78, 5) is 29.1. The average Bonchev–Trinajstić information content (AvgIpc) is 2.27. The van der Waals surface area contributed by atoms with Gasteiger partial charge >= 0.3 is 5.97 Å². The van der Waals surface area contributed by atoms with E-state index in [-0.39, 0.29) is 0 Å². The molecule has 0 saturated carbocycles. The molecule has 0 amide bonds. The molecule has 0 unspecified atom stereocenters. The minimum absolute atomic E-state index is 0.470. The average molecular weight is 262 g/mol. The summed E-state index contributed by atoms with van der Waals surface area (Å²) in [7, 11) is 0. The van der Waals surface area contributed by atoms with Gasteiger partial charge in [-0.15, -0.1) is 0 Å². The molecule has 8 heteroatoms. The fourth-order valence-electron chi connectivity index (χ4n) is 0.836. The van der Waals surface area contributed by atoms with Crippen molar-refractivity contribution in [1.82, 2.24) is 0 Å². The highest BCUT2D eigenvalue weighted by atomic mass is 16.4. The SMILES string of the molecule is NCCCC[C@H](N)C(=O)O.O=C([O-])CCC(=O)[O-]. The summed E-state index contributed by atoms with van der Waals surface area (Å²) in [5, 5.41) is 27.3. The number of carboxylic acids is 3. The zero-order chi connectivity index (χ0) is 14.6. The molecule has 0 radical (unpaired) electrons. The molecule has 0 aliphatic heterocycles. The number of nitrogens with two attached hydrogens (primary N) is 2. The van der Waals surface area contributed by atoms with Crippen LogP contribution >= 0.6 is 0 Å². The van der Waals surface area contributed by atoms with Crippen LogP contribution in [0.25, 0.3) is 0 Å². The topological polar surface area (TPSA) is 170 Å². The molecule has 106 valence electrons. The van der Waals surface area contributed by atoms with E-state index in [1.165, 1.54) is 0 Å². The van der Waals surface area contributed by atoms with E-state index in [2.05, 4.69) is 0 Å². The number of carboxylic acid groups (broad SMARTS) is 3. The third-order valence-corrected chi connectivity index (χ3v) is 1.82. The molecule has 0 rings (SSSR count). The number of unbranched alkanes of at least 4 members (excludes halogenated alkanes) is 1. The second-order valence-electron chi connectivity index (χ2n) is 3.47. The van der Waals surface area contributed by atoms with E-state index >= 15 is 0 Å². The van der Waals surface area contributed by atoms with Crippen LogP contribution in [-0.2, 0) is 14.4 Å². The van der Waals surface area contributed by atoms with Crippen LogP contribution in [0.3, 0.4) is 0 Å². The van der Waals surface area contributed by atoms with Crippen molar-refractivity contribution in [3.8, 4) is 0 Å². The zero-order valence-corrected chi connectivity index (χ0v) is 9.96. The Hall–Kier alpha value is -1.67. The molecule has 1 atom stereocenters. The third kappa shape index (κ3) is 16.7. The molecule has 0 aliphatic rings. The van der Waals surface area contributed by atoms with Gasteiger partial charge in [-0.3, -0.25) is 4.79 Å². The van der Waals surface area contributed by atoms with Crippen LogP contribution in [0, 0.1) is 0 Å². The number of hydrogen-bond donors (Lipinski definition) is 3. The van der Waals surface area contributed by atoms with Gasteiger partial charge in [0.15, 0.2) is 0 Å². The normalized spacial score (nSPS) is 11.0. The quantitative estimate of drug-likeness (QED) is 0.384. The molecular weight excluding hydrogens is 244 g/mol. The van der Waals surface area contributed by atoms with Crippen LogP contribution in [0.4, 0.5) is 0 Å². The van der Waals surface area contributed by atoms with Crippen molar-refractivity contribution >= 4 is 17.9 Å². The molecule has 5 N–H and O–H groups in total. The molecule has 0 aromatic rings. The summed E-state index contributed by atoms with van der Waals surface area (Å²) in [6.07, 6.45) is 1.22. The van der Waals surface area contributed by atoms with Crippen molar-refractivity contribution in [1.29, 1.82) is 0 Å². The molecule has 0 bridgehead atoms. The Balaban J connectivity index is 0. The fraction of sp³-hybridized carbons (Fsp3) is 0.700. The van der Waals surface area contributed by atoms with E-state index in [9.17, 15) is 24.6 Å². The predicted octanol–water partition coefficient (Wildman–Crippen LogP) is -3.21. The molecule has 0 fully saturated rings. The minimum atomic E-state index is -1.37. The Morgan fingerprint density at radius 1 is 1.06 bits per heavy atom. The highest BCUT2D eigenvalue weighted by Crippen LogP contribution is 1.96. The first-order chi connectivity index (χ1) is 8.31. The fourth-order valence-corrected chi connectivity index (χ4v) is 0.836. The maximum atomic E-state index is 10.1. The Bertz CT molecular complexity index is 255. The number of carbonyl (C=O) groups is 3. The Morgan fingerprint density at radius 2 is 1.50 bits per heavy atom. The van der Waals surface area contributed by atoms with Crippen molar-refractivity contribution in [2.24, 2.45) is 11.5 Å². The maximum absolute atomic E-state index is 10.1. The van der Waals surface area contributed by atoms with Crippen LogP contribution in [0.1, 0.15) is 32.1 Å². The van der Waals surface area contributed by atoms with Crippen LogP contribution in [0.5, 0.6) is 0 Å². The highest BCUT2D eigenvalue weighted by Gasteiger charge is 2.09. The van der Waals surface area contributed by atoms with Crippen molar-refractivity contribution < 1.29 is 29.7 Å². The maximum Gasteiger partial charge on any atom is 0.320 e.